The molecule has 0 aromatic carbocycles. The van der Waals surface area contributed by atoms with E-state index >= 15 is 0 Å². The molecule has 0 atom stereocenters. The van der Waals surface area contributed by atoms with Crippen LogP contribution in [-0.4, -0.2) is 25.9 Å². The molecule has 0 saturated carbocycles. The highest BCUT2D eigenvalue weighted by atomic mass is 32.2. The minimum Gasteiger partial charge on any atom is -0.439 e. The predicted octanol–water partition coefficient (Wildman–Crippen LogP) is 3.00. The van der Waals surface area contributed by atoms with E-state index < -0.39 is 0 Å². The van der Waals surface area contributed by atoms with Gasteiger partial charge in [-0.3, -0.25) is 0 Å². The number of hydrogen-bond acceptors (Lipinski definition) is 6. The van der Waals surface area contributed by atoms with Gasteiger partial charge in [-0.2, -0.15) is 0 Å². The van der Waals surface area contributed by atoms with E-state index in [9.17, 15) is 0 Å². The van der Waals surface area contributed by atoms with Gasteiger partial charge >= 0.3 is 0 Å². The monoisotopic (exact) mass is 289 g/mol. The van der Waals surface area contributed by atoms with Crippen LogP contribution in [0.1, 0.15) is 19.0 Å². The first-order valence-corrected chi connectivity index (χ1v) is 7.25. The molecule has 0 spiro atoms. The molecular weight excluding hydrogens is 274 g/mol. The maximum atomic E-state index is 5.37. The number of anilines is 1. The third kappa shape index (κ3) is 2.62. The van der Waals surface area contributed by atoms with Gasteiger partial charge in [0.15, 0.2) is 10.7 Å². The van der Waals surface area contributed by atoms with Crippen molar-refractivity contribution < 1.29 is 4.42 Å². The lowest BCUT2D eigenvalue weighted by molar-refractivity contribution is 0.454. The number of oxazole rings is 1. The fourth-order valence-electron chi connectivity index (χ4n) is 1.77. The topological polar surface area (TPSA) is 68.2 Å². The Hall–Kier alpha value is -2.02. The third-order valence-electron chi connectivity index (χ3n) is 2.68. The van der Waals surface area contributed by atoms with Crippen molar-refractivity contribution in [1.29, 1.82) is 0 Å². The minimum atomic E-state index is 0.576. The van der Waals surface area contributed by atoms with Gasteiger partial charge < -0.3 is 14.1 Å². The van der Waals surface area contributed by atoms with Crippen LogP contribution in [0, 0.1) is 6.92 Å². The highest BCUT2D eigenvalue weighted by Gasteiger charge is 2.12. The van der Waals surface area contributed by atoms with Gasteiger partial charge in [0.05, 0.1) is 11.9 Å². The molecule has 0 fully saturated rings. The first-order chi connectivity index (χ1) is 9.76. The Morgan fingerprint density at radius 2 is 2.30 bits per heavy atom. The first-order valence-electron chi connectivity index (χ1n) is 6.44. The molecule has 0 saturated heterocycles. The molecule has 0 aliphatic carbocycles. The second kappa shape index (κ2) is 5.54. The van der Waals surface area contributed by atoms with Crippen LogP contribution in [0.15, 0.2) is 39.5 Å². The van der Waals surface area contributed by atoms with Gasteiger partial charge in [0.25, 0.3) is 5.22 Å². The molecule has 104 valence electrons. The van der Waals surface area contributed by atoms with Crippen molar-refractivity contribution in [1.82, 2.24) is 19.4 Å². The van der Waals surface area contributed by atoms with Gasteiger partial charge in [-0.15, -0.1) is 0 Å². The number of aromatic nitrogens is 4. The molecule has 1 N–H and O–H groups in total. The smallest absolute Gasteiger partial charge is 0.262 e. The second-order valence-corrected chi connectivity index (χ2v) is 5.31. The minimum absolute atomic E-state index is 0.576. The lowest BCUT2D eigenvalue weighted by Crippen LogP contribution is -2.04. The average molecular weight is 289 g/mol. The van der Waals surface area contributed by atoms with Crippen molar-refractivity contribution in [3.63, 3.8) is 0 Å². The van der Waals surface area contributed by atoms with Gasteiger partial charge in [0, 0.05) is 18.9 Å². The number of fused-ring (bicyclic) bond motifs is 1. The van der Waals surface area contributed by atoms with Crippen molar-refractivity contribution in [2.45, 2.75) is 30.5 Å². The maximum Gasteiger partial charge on any atom is 0.262 e. The van der Waals surface area contributed by atoms with Crippen molar-refractivity contribution in [3.05, 3.63) is 30.5 Å². The van der Waals surface area contributed by atoms with E-state index in [0.29, 0.717) is 5.22 Å². The summed E-state index contributed by atoms with van der Waals surface area (Å²) in [6, 6.07) is 0. The maximum absolute atomic E-state index is 5.37. The van der Waals surface area contributed by atoms with Gasteiger partial charge in [0.1, 0.15) is 12.1 Å². The quantitative estimate of drug-likeness (QED) is 0.778. The molecule has 0 aliphatic heterocycles. The Bertz CT molecular complexity index is 720. The van der Waals surface area contributed by atoms with Gasteiger partial charge in [0.2, 0.25) is 0 Å². The standard InChI is InChI=1S/C13H15N5OS/c1-3-4-14-10-7-18-6-5-15-11(18)12(17-10)20-13-16-9(2)8-19-13/h5-8,14H,3-4H2,1-2H3. The summed E-state index contributed by atoms with van der Waals surface area (Å²) in [7, 11) is 0. The molecule has 6 nitrogen and oxygen atoms in total. The van der Waals surface area contributed by atoms with E-state index in [2.05, 4.69) is 27.2 Å². The Morgan fingerprint density at radius 1 is 1.40 bits per heavy atom. The third-order valence-corrected chi connectivity index (χ3v) is 3.51. The van der Waals surface area contributed by atoms with Crippen molar-refractivity contribution >= 4 is 23.2 Å². The molecule has 3 rings (SSSR count). The summed E-state index contributed by atoms with van der Waals surface area (Å²) in [5.41, 5.74) is 1.65. The van der Waals surface area contributed by atoms with Gasteiger partial charge in [-0.05, 0) is 25.1 Å². The Morgan fingerprint density at radius 3 is 3.05 bits per heavy atom. The molecule has 0 radical (unpaired) electrons. The molecule has 3 aromatic heterocycles. The van der Waals surface area contributed by atoms with Crippen LogP contribution < -0.4 is 5.32 Å². The van der Waals surface area contributed by atoms with Crippen LogP contribution in [-0.2, 0) is 0 Å². The highest BCUT2D eigenvalue weighted by Crippen LogP contribution is 2.29. The molecule has 20 heavy (non-hydrogen) atoms. The molecule has 3 heterocycles. The number of rotatable bonds is 5. The number of aryl methyl sites for hydroxylation is 1. The van der Waals surface area contributed by atoms with E-state index in [0.717, 1.165) is 35.2 Å². The van der Waals surface area contributed by atoms with Gasteiger partial charge in [-0.1, -0.05) is 6.92 Å². The first kappa shape index (κ1) is 13.0. The van der Waals surface area contributed by atoms with E-state index in [4.69, 9.17) is 4.42 Å². The zero-order valence-electron chi connectivity index (χ0n) is 11.3. The predicted molar refractivity (Wildman–Crippen MR) is 77.1 cm³/mol. The van der Waals surface area contributed by atoms with Crippen LogP contribution in [0.2, 0.25) is 0 Å². The Balaban J connectivity index is 1.96. The highest BCUT2D eigenvalue weighted by molar-refractivity contribution is 7.99. The molecular formula is C13H15N5OS. The lowest BCUT2D eigenvalue weighted by atomic mass is 10.5. The average Bonchev–Trinajstić information content (AvgIpc) is 3.05. The van der Waals surface area contributed by atoms with E-state index in [-0.39, 0.29) is 0 Å². The second-order valence-electron chi connectivity index (χ2n) is 4.37. The summed E-state index contributed by atoms with van der Waals surface area (Å²) in [6.45, 7) is 4.90. The van der Waals surface area contributed by atoms with Crippen LogP contribution in [0.3, 0.4) is 0 Å². The zero-order chi connectivity index (χ0) is 13.9. The van der Waals surface area contributed by atoms with Crippen LogP contribution >= 0.6 is 11.8 Å². The molecule has 0 amide bonds. The number of hydrogen-bond donors (Lipinski definition) is 1. The molecule has 0 bridgehead atoms. The zero-order valence-corrected chi connectivity index (χ0v) is 12.1. The Kier molecular flexibility index (Phi) is 3.60. The number of nitrogens with zero attached hydrogens (tertiary/aromatic N) is 4. The fourth-order valence-corrected chi connectivity index (χ4v) is 2.62. The summed E-state index contributed by atoms with van der Waals surface area (Å²) in [5.74, 6) is 0.822. The number of imidazole rings is 1. The van der Waals surface area contributed by atoms with Crippen LogP contribution in [0.5, 0.6) is 0 Å². The van der Waals surface area contributed by atoms with Gasteiger partial charge in [-0.25, -0.2) is 15.0 Å². The Labute approximate surface area is 120 Å². The fraction of sp³-hybridized carbons (Fsp3) is 0.308. The van der Waals surface area contributed by atoms with E-state index in [1.165, 1.54) is 11.8 Å². The molecule has 0 aliphatic rings. The van der Waals surface area contributed by atoms with E-state index in [1.807, 2.05) is 23.7 Å². The summed E-state index contributed by atoms with van der Waals surface area (Å²) in [5, 5.41) is 4.64. The summed E-state index contributed by atoms with van der Waals surface area (Å²) >= 11 is 1.38. The molecule has 7 heteroatoms. The molecule has 0 unspecified atom stereocenters. The van der Waals surface area contributed by atoms with Crippen LogP contribution in [0.25, 0.3) is 5.65 Å². The summed E-state index contributed by atoms with van der Waals surface area (Å²) in [4.78, 5) is 13.2. The normalized spacial score (nSPS) is 11.1. The van der Waals surface area contributed by atoms with Crippen LogP contribution in [0.4, 0.5) is 5.82 Å². The largest absolute Gasteiger partial charge is 0.439 e. The summed E-state index contributed by atoms with van der Waals surface area (Å²) in [6.07, 6.45) is 8.27. The van der Waals surface area contributed by atoms with Crippen molar-refractivity contribution in [2.24, 2.45) is 0 Å². The number of nitrogens with one attached hydrogen (secondary N) is 1. The molecule has 3 aromatic rings. The summed E-state index contributed by atoms with van der Waals surface area (Å²) < 4.78 is 7.32. The van der Waals surface area contributed by atoms with Crippen molar-refractivity contribution in [3.8, 4) is 0 Å². The van der Waals surface area contributed by atoms with Crippen molar-refractivity contribution in [2.75, 3.05) is 11.9 Å². The SMILES string of the molecule is CCCNc1cn2ccnc2c(Sc2nc(C)co2)n1. The van der Waals surface area contributed by atoms with E-state index in [1.54, 1.807) is 12.5 Å². The lowest BCUT2D eigenvalue weighted by Gasteiger charge is -2.07.